The number of aromatic nitrogens is 1. The number of aryl methyl sites for hydroxylation is 2. The van der Waals surface area contributed by atoms with Crippen LogP contribution in [0.2, 0.25) is 0 Å². The standard InChI is InChI=1S/C17H21N3O/c1-12-8-16(21-2)10-15(19-12)11-20-7-3-4-13-5-6-14(18)9-17(13)20/h5-6,8-10H,3-4,7,11,18H2,1-2H3. The second kappa shape index (κ2) is 5.64. The summed E-state index contributed by atoms with van der Waals surface area (Å²) in [6.45, 7) is 3.82. The van der Waals surface area contributed by atoms with Crippen molar-refractivity contribution in [1.82, 2.24) is 4.98 Å². The summed E-state index contributed by atoms with van der Waals surface area (Å²) in [4.78, 5) is 6.98. The normalized spacial score (nSPS) is 13.9. The monoisotopic (exact) mass is 283 g/mol. The van der Waals surface area contributed by atoms with Gasteiger partial charge in [-0.1, -0.05) is 6.07 Å². The van der Waals surface area contributed by atoms with Gasteiger partial charge in [-0.2, -0.15) is 0 Å². The molecule has 1 aliphatic rings. The Morgan fingerprint density at radius 3 is 2.95 bits per heavy atom. The number of nitrogens with zero attached hydrogens (tertiary/aromatic N) is 2. The van der Waals surface area contributed by atoms with Crippen molar-refractivity contribution in [3.8, 4) is 5.75 Å². The lowest BCUT2D eigenvalue weighted by Crippen LogP contribution is -2.29. The van der Waals surface area contributed by atoms with Gasteiger partial charge in [0, 0.05) is 35.7 Å². The molecule has 4 heteroatoms. The lowest BCUT2D eigenvalue weighted by atomic mass is 10.0. The lowest BCUT2D eigenvalue weighted by Gasteiger charge is -2.31. The highest BCUT2D eigenvalue weighted by atomic mass is 16.5. The van der Waals surface area contributed by atoms with E-state index in [1.165, 1.54) is 17.7 Å². The summed E-state index contributed by atoms with van der Waals surface area (Å²) in [7, 11) is 1.69. The van der Waals surface area contributed by atoms with E-state index >= 15 is 0 Å². The zero-order valence-electron chi connectivity index (χ0n) is 12.6. The van der Waals surface area contributed by atoms with Gasteiger partial charge in [-0.05, 0) is 37.5 Å². The second-order valence-corrected chi connectivity index (χ2v) is 5.55. The quantitative estimate of drug-likeness (QED) is 0.880. The Balaban J connectivity index is 1.90. The highest BCUT2D eigenvalue weighted by Gasteiger charge is 2.18. The van der Waals surface area contributed by atoms with Gasteiger partial charge in [0.15, 0.2) is 0 Å². The Labute approximate surface area is 125 Å². The molecule has 1 aromatic heterocycles. The van der Waals surface area contributed by atoms with Crippen molar-refractivity contribution in [3.05, 3.63) is 47.3 Å². The Bertz CT molecular complexity index is 654. The number of fused-ring (bicyclic) bond motifs is 1. The van der Waals surface area contributed by atoms with Crippen LogP contribution < -0.4 is 15.4 Å². The Kier molecular flexibility index (Phi) is 3.69. The van der Waals surface area contributed by atoms with Crippen molar-refractivity contribution < 1.29 is 4.74 Å². The first kappa shape index (κ1) is 13.7. The highest BCUT2D eigenvalue weighted by molar-refractivity contribution is 5.62. The average molecular weight is 283 g/mol. The minimum Gasteiger partial charge on any atom is -0.497 e. The van der Waals surface area contributed by atoms with Gasteiger partial charge >= 0.3 is 0 Å². The fourth-order valence-corrected chi connectivity index (χ4v) is 2.93. The molecular formula is C17H21N3O. The van der Waals surface area contributed by atoms with E-state index in [1.807, 2.05) is 25.1 Å². The van der Waals surface area contributed by atoms with Crippen molar-refractivity contribution in [3.63, 3.8) is 0 Å². The molecule has 0 aliphatic carbocycles. The number of nitrogen functional groups attached to an aromatic ring is 1. The summed E-state index contributed by atoms with van der Waals surface area (Å²) in [5.74, 6) is 0.863. The number of rotatable bonds is 3. The molecule has 21 heavy (non-hydrogen) atoms. The van der Waals surface area contributed by atoms with E-state index in [4.69, 9.17) is 10.5 Å². The van der Waals surface area contributed by atoms with Crippen LogP contribution in [0.15, 0.2) is 30.3 Å². The molecule has 110 valence electrons. The molecule has 0 bridgehead atoms. The lowest BCUT2D eigenvalue weighted by molar-refractivity contribution is 0.413. The zero-order valence-corrected chi connectivity index (χ0v) is 12.6. The predicted molar refractivity (Wildman–Crippen MR) is 85.8 cm³/mol. The van der Waals surface area contributed by atoms with Gasteiger partial charge in [-0.25, -0.2) is 0 Å². The number of methoxy groups -OCH3 is 1. The molecule has 1 aromatic carbocycles. The molecule has 0 saturated carbocycles. The van der Waals surface area contributed by atoms with E-state index in [2.05, 4.69) is 22.0 Å². The van der Waals surface area contributed by atoms with Crippen molar-refractivity contribution in [1.29, 1.82) is 0 Å². The third kappa shape index (κ3) is 2.94. The van der Waals surface area contributed by atoms with Crippen LogP contribution in [0.5, 0.6) is 5.75 Å². The summed E-state index contributed by atoms with van der Waals surface area (Å²) in [6, 6.07) is 10.2. The van der Waals surface area contributed by atoms with E-state index in [0.717, 1.165) is 42.3 Å². The third-order valence-corrected chi connectivity index (χ3v) is 3.89. The molecule has 4 nitrogen and oxygen atoms in total. The largest absolute Gasteiger partial charge is 0.497 e. The predicted octanol–water partition coefficient (Wildman–Crippen LogP) is 2.93. The van der Waals surface area contributed by atoms with E-state index in [-0.39, 0.29) is 0 Å². The molecular weight excluding hydrogens is 262 g/mol. The van der Waals surface area contributed by atoms with E-state index in [0.29, 0.717) is 0 Å². The molecule has 1 aliphatic heterocycles. The van der Waals surface area contributed by atoms with Gasteiger partial charge in [-0.3, -0.25) is 4.98 Å². The fraction of sp³-hybridized carbons (Fsp3) is 0.353. The van der Waals surface area contributed by atoms with Crippen molar-refractivity contribution in [2.24, 2.45) is 0 Å². The first-order valence-electron chi connectivity index (χ1n) is 7.30. The van der Waals surface area contributed by atoms with Crippen LogP contribution in [0.25, 0.3) is 0 Å². The zero-order chi connectivity index (χ0) is 14.8. The van der Waals surface area contributed by atoms with Gasteiger partial charge < -0.3 is 15.4 Å². The van der Waals surface area contributed by atoms with Gasteiger partial charge in [0.25, 0.3) is 0 Å². The van der Waals surface area contributed by atoms with Crippen molar-refractivity contribution in [2.75, 3.05) is 24.3 Å². The first-order valence-corrected chi connectivity index (χ1v) is 7.30. The maximum Gasteiger partial charge on any atom is 0.122 e. The van der Waals surface area contributed by atoms with Gasteiger partial charge in [0.1, 0.15) is 5.75 Å². The number of hydrogen-bond donors (Lipinski definition) is 1. The summed E-state index contributed by atoms with van der Waals surface area (Å²) < 4.78 is 5.33. The topological polar surface area (TPSA) is 51.4 Å². The van der Waals surface area contributed by atoms with E-state index in [1.54, 1.807) is 7.11 Å². The molecule has 0 spiro atoms. The highest BCUT2D eigenvalue weighted by Crippen LogP contribution is 2.30. The Morgan fingerprint density at radius 1 is 1.29 bits per heavy atom. The molecule has 2 aromatic rings. The van der Waals surface area contributed by atoms with Crippen LogP contribution in [0.3, 0.4) is 0 Å². The van der Waals surface area contributed by atoms with Crippen molar-refractivity contribution in [2.45, 2.75) is 26.3 Å². The van der Waals surface area contributed by atoms with Crippen molar-refractivity contribution >= 4 is 11.4 Å². The summed E-state index contributed by atoms with van der Waals surface area (Å²) >= 11 is 0. The Hall–Kier alpha value is -2.23. The summed E-state index contributed by atoms with van der Waals surface area (Å²) in [6.07, 6.45) is 2.29. The summed E-state index contributed by atoms with van der Waals surface area (Å²) in [5.41, 5.74) is 11.4. The molecule has 0 saturated heterocycles. The average Bonchev–Trinajstić information content (AvgIpc) is 2.47. The van der Waals surface area contributed by atoms with Crippen LogP contribution >= 0.6 is 0 Å². The fourth-order valence-electron chi connectivity index (χ4n) is 2.93. The molecule has 2 N–H and O–H groups in total. The Morgan fingerprint density at radius 2 is 2.14 bits per heavy atom. The summed E-state index contributed by atoms with van der Waals surface area (Å²) in [5, 5.41) is 0. The van der Waals surface area contributed by atoms with E-state index in [9.17, 15) is 0 Å². The maximum absolute atomic E-state index is 5.94. The van der Waals surface area contributed by atoms with Crippen LogP contribution in [-0.4, -0.2) is 18.6 Å². The number of benzene rings is 1. The molecule has 0 atom stereocenters. The second-order valence-electron chi connectivity index (χ2n) is 5.55. The number of anilines is 2. The third-order valence-electron chi connectivity index (χ3n) is 3.89. The molecule has 2 heterocycles. The van der Waals surface area contributed by atoms with Gasteiger partial charge in [-0.15, -0.1) is 0 Å². The molecule has 0 amide bonds. The molecule has 0 radical (unpaired) electrons. The number of pyridine rings is 1. The van der Waals surface area contributed by atoms with Crippen LogP contribution in [0.4, 0.5) is 11.4 Å². The number of nitrogens with two attached hydrogens (primary N) is 1. The smallest absolute Gasteiger partial charge is 0.122 e. The van der Waals surface area contributed by atoms with Crippen LogP contribution in [0.1, 0.15) is 23.4 Å². The van der Waals surface area contributed by atoms with E-state index < -0.39 is 0 Å². The molecule has 0 fully saturated rings. The number of hydrogen-bond acceptors (Lipinski definition) is 4. The first-order chi connectivity index (χ1) is 10.2. The molecule has 3 rings (SSSR count). The number of ether oxygens (including phenoxy) is 1. The maximum atomic E-state index is 5.94. The SMILES string of the molecule is COc1cc(C)nc(CN2CCCc3ccc(N)cc32)c1. The van der Waals surface area contributed by atoms with Gasteiger partial charge in [0.05, 0.1) is 19.3 Å². The van der Waals surface area contributed by atoms with Crippen LogP contribution in [0, 0.1) is 6.92 Å². The van der Waals surface area contributed by atoms with Crippen LogP contribution in [-0.2, 0) is 13.0 Å². The van der Waals surface area contributed by atoms with Gasteiger partial charge in [0.2, 0.25) is 0 Å². The molecule has 0 unspecified atom stereocenters. The minimum absolute atomic E-state index is 0.786. The minimum atomic E-state index is 0.786.